The number of anilines is 1. The van der Waals surface area contributed by atoms with Gasteiger partial charge in [0.1, 0.15) is 6.61 Å². The fraction of sp³-hybridized carbons (Fsp3) is 0.357. The van der Waals surface area contributed by atoms with Crippen molar-refractivity contribution in [3.8, 4) is 5.88 Å². The Hall–Kier alpha value is -2.41. The van der Waals surface area contributed by atoms with E-state index in [1.165, 1.54) is 0 Å². The second-order valence-corrected chi connectivity index (χ2v) is 4.49. The molecule has 0 aromatic carbocycles. The van der Waals surface area contributed by atoms with Gasteiger partial charge in [-0.15, -0.1) is 0 Å². The number of pyridine rings is 1. The molecular formula is C14H18N4O3. The van der Waals surface area contributed by atoms with E-state index in [1.807, 2.05) is 0 Å². The Morgan fingerprint density at radius 3 is 2.71 bits per heavy atom. The molecule has 0 aliphatic carbocycles. The summed E-state index contributed by atoms with van der Waals surface area (Å²) in [7, 11) is 1.61. The summed E-state index contributed by atoms with van der Waals surface area (Å²) in [4.78, 5) is 16.3. The van der Waals surface area contributed by atoms with Gasteiger partial charge in [-0.2, -0.15) is 5.10 Å². The first-order valence-corrected chi connectivity index (χ1v) is 6.52. The van der Waals surface area contributed by atoms with Gasteiger partial charge in [0.15, 0.2) is 0 Å². The molecule has 7 nitrogen and oxygen atoms in total. The van der Waals surface area contributed by atoms with Crippen LogP contribution in [0.15, 0.2) is 18.3 Å². The Balaban J connectivity index is 1.98. The number of H-pyrrole nitrogens is 1. The summed E-state index contributed by atoms with van der Waals surface area (Å²) in [6.45, 7) is 4.52. The highest BCUT2D eigenvalue weighted by atomic mass is 16.5. The number of rotatable bonds is 6. The van der Waals surface area contributed by atoms with Crippen molar-refractivity contribution < 1.29 is 14.3 Å². The molecule has 0 saturated carbocycles. The number of amides is 1. The number of hydrogen-bond donors (Lipinski definition) is 2. The van der Waals surface area contributed by atoms with Gasteiger partial charge in [-0.05, 0) is 19.9 Å². The van der Waals surface area contributed by atoms with Crippen LogP contribution in [0.2, 0.25) is 0 Å². The zero-order valence-electron chi connectivity index (χ0n) is 12.3. The topological polar surface area (TPSA) is 89.1 Å². The van der Waals surface area contributed by atoms with E-state index >= 15 is 0 Å². The van der Waals surface area contributed by atoms with E-state index in [4.69, 9.17) is 9.47 Å². The maximum atomic E-state index is 12.2. The third-order valence-corrected chi connectivity index (χ3v) is 2.89. The molecule has 2 aromatic rings. The minimum Gasteiger partial charge on any atom is -0.475 e. The summed E-state index contributed by atoms with van der Waals surface area (Å²) in [5.74, 6) is 0.273. The summed E-state index contributed by atoms with van der Waals surface area (Å²) < 4.78 is 10.2. The van der Waals surface area contributed by atoms with Gasteiger partial charge in [0.05, 0.1) is 29.7 Å². The molecule has 0 radical (unpaired) electrons. The number of nitrogens with zero attached hydrogens (tertiary/aromatic N) is 2. The highest BCUT2D eigenvalue weighted by Gasteiger charge is 2.15. The van der Waals surface area contributed by atoms with Crippen LogP contribution in [0.4, 0.5) is 5.69 Å². The summed E-state index contributed by atoms with van der Waals surface area (Å²) in [5, 5.41) is 9.56. The van der Waals surface area contributed by atoms with Crippen LogP contribution in [-0.2, 0) is 4.74 Å². The van der Waals surface area contributed by atoms with Crippen LogP contribution in [0.1, 0.15) is 21.7 Å². The zero-order valence-corrected chi connectivity index (χ0v) is 12.3. The number of hydrogen-bond acceptors (Lipinski definition) is 5. The van der Waals surface area contributed by atoms with Crippen LogP contribution in [0.3, 0.4) is 0 Å². The lowest BCUT2D eigenvalue weighted by Gasteiger charge is -2.07. The van der Waals surface area contributed by atoms with Gasteiger partial charge in [-0.25, -0.2) is 4.98 Å². The van der Waals surface area contributed by atoms with Gasteiger partial charge in [0.2, 0.25) is 5.88 Å². The van der Waals surface area contributed by atoms with Crippen LogP contribution in [0, 0.1) is 13.8 Å². The van der Waals surface area contributed by atoms with Crippen molar-refractivity contribution in [2.45, 2.75) is 13.8 Å². The number of carbonyl (C=O) groups is 1. The number of aromatic amines is 1. The summed E-state index contributed by atoms with van der Waals surface area (Å²) in [6, 6.07) is 3.43. The van der Waals surface area contributed by atoms with Crippen LogP contribution in [0.5, 0.6) is 5.88 Å². The SMILES string of the molecule is COCCOc1ccc(NC(=O)c2c(C)n[nH]c2C)cn1. The maximum Gasteiger partial charge on any atom is 0.259 e. The molecule has 112 valence electrons. The fourth-order valence-electron chi connectivity index (χ4n) is 1.85. The highest BCUT2D eigenvalue weighted by molar-refractivity contribution is 6.05. The number of methoxy groups -OCH3 is 1. The van der Waals surface area contributed by atoms with Gasteiger partial charge in [0, 0.05) is 18.9 Å². The third-order valence-electron chi connectivity index (χ3n) is 2.89. The van der Waals surface area contributed by atoms with Crippen molar-refractivity contribution >= 4 is 11.6 Å². The standard InChI is InChI=1S/C14H18N4O3/c1-9-13(10(2)18-17-9)14(19)16-11-4-5-12(15-8-11)21-7-6-20-3/h4-5,8H,6-7H2,1-3H3,(H,16,19)(H,17,18). The molecule has 0 fully saturated rings. The average Bonchev–Trinajstić information content (AvgIpc) is 2.80. The van der Waals surface area contributed by atoms with Crippen LogP contribution in [0.25, 0.3) is 0 Å². The largest absolute Gasteiger partial charge is 0.475 e. The van der Waals surface area contributed by atoms with Crippen molar-refractivity contribution in [2.24, 2.45) is 0 Å². The average molecular weight is 290 g/mol. The lowest BCUT2D eigenvalue weighted by molar-refractivity contribution is 0.102. The fourth-order valence-corrected chi connectivity index (χ4v) is 1.85. The zero-order chi connectivity index (χ0) is 15.2. The normalized spacial score (nSPS) is 10.4. The molecule has 0 aliphatic rings. The molecule has 7 heteroatoms. The Bertz CT molecular complexity index is 588. The molecule has 2 rings (SSSR count). The Morgan fingerprint density at radius 1 is 1.33 bits per heavy atom. The van der Waals surface area contributed by atoms with Gasteiger partial charge >= 0.3 is 0 Å². The smallest absolute Gasteiger partial charge is 0.259 e. The third kappa shape index (κ3) is 3.79. The predicted molar refractivity (Wildman–Crippen MR) is 77.6 cm³/mol. The Morgan fingerprint density at radius 2 is 2.14 bits per heavy atom. The Labute approximate surface area is 122 Å². The molecule has 0 unspecified atom stereocenters. The minimum atomic E-state index is -0.214. The first-order chi connectivity index (χ1) is 10.1. The first-order valence-electron chi connectivity index (χ1n) is 6.52. The molecule has 21 heavy (non-hydrogen) atoms. The monoisotopic (exact) mass is 290 g/mol. The van der Waals surface area contributed by atoms with Gasteiger partial charge in [-0.3, -0.25) is 9.89 Å². The van der Waals surface area contributed by atoms with Crippen molar-refractivity contribution in [1.29, 1.82) is 0 Å². The quantitative estimate of drug-likeness (QED) is 0.790. The lowest BCUT2D eigenvalue weighted by Crippen LogP contribution is -2.14. The molecule has 1 amide bonds. The summed E-state index contributed by atoms with van der Waals surface area (Å²) in [6.07, 6.45) is 1.55. The van der Waals surface area contributed by atoms with Gasteiger partial charge in [0.25, 0.3) is 5.91 Å². The molecule has 0 atom stereocenters. The summed E-state index contributed by atoms with van der Waals surface area (Å²) >= 11 is 0. The van der Waals surface area contributed by atoms with Gasteiger partial charge < -0.3 is 14.8 Å². The van der Waals surface area contributed by atoms with Crippen LogP contribution >= 0.6 is 0 Å². The van der Waals surface area contributed by atoms with Crippen molar-refractivity contribution in [1.82, 2.24) is 15.2 Å². The number of ether oxygens (including phenoxy) is 2. The van der Waals surface area contributed by atoms with E-state index in [-0.39, 0.29) is 5.91 Å². The van der Waals surface area contributed by atoms with E-state index in [1.54, 1.807) is 39.3 Å². The van der Waals surface area contributed by atoms with E-state index in [2.05, 4.69) is 20.5 Å². The minimum absolute atomic E-state index is 0.214. The molecule has 0 bridgehead atoms. The second-order valence-electron chi connectivity index (χ2n) is 4.49. The molecule has 2 aromatic heterocycles. The molecule has 2 heterocycles. The lowest BCUT2D eigenvalue weighted by atomic mass is 10.2. The predicted octanol–water partition coefficient (Wildman–Crippen LogP) is 1.70. The maximum absolute atomic E-state index is 12.2. The van der Waals surface area contributed by atoms with E-state index in [0.717, 1.165) is 5.69 Å². The first kappa shape index (κ1) is 15.0. The van der Waals surface area contributed by atoms with Crippen molar-refractivity contribution in [2.75, 3.05) is 25.6 Å². The van der Waals surface area contributed by atoms with Crippen LogP contribution < -0.4 is 10.1 Å². The highest BCUT2D eigenvalue weighted by Crippen LogP contribution is 2.15. The van der Waals surface area contributed by atoms with E-state index in [9.17, 15) is 4.79 Å². The second kappa shape index (κ2) is 6.85. The molecular weight excluding hydrogens is 272 g/mol. The molecule has 0 saturated heterocycles. The summed E-state index contributed by atoms with van der Waals surface area (Å²) in [5.41, 5.74) is 2.55. The molecule has 0 spiro atoms. The molecule has 2 N–H and O–H groups in total. The van der Waals surface area contributed by atoms with E-state index < -0.39 is 0 Å². The Kier molecular flexibility index (Phi) is 4.89. The number of nitrogens with one attached hydrogen (secondary N) is 2. The van der Waals surface area contributed by atoms with Gasteiger partial charge in [-0.1, -0.05) is 0 Å². The molecule has 0 aliphatic heterocycles. The number of aryl methyl sites for hydroxylation is 2. The van der Waals surface area contributed by atoms with E-state index in [0.29, 0.717) is 36.0 Å². The number of aromatic nitrogens is 3. The van der Waals surface area contributed by atoms with Crippen molar-refractivity contribution in [3.05, 3.63) is 35.3 Å². The van der Waals surface area contributed by atoms with Crippen LogP contribution in [-0.4, -0.2) is 41.4 Å². The van der Waals surface area contributed by atoms with Crippen molar-refractivity contribution in [3.63, 3.8) is 0 Å². The number of carbonyl (C=O) groups excluding carboxylic acids is 1.